The number of carbonyl (C=O) groups excluding carboxylic acids is 1. The number of rotatable bonds is 5. The SMILES string of the molecule is Cc1cc(COCc2cccc(Br)c2)oc1C(=O)NN. The molecule has 1 heterocycles. The summed E-state index contributed by atoms with van der Waals surface area (Å²) in [6, 6.07) is 9.64. The minimum Gasteiger partial charge on any atom is -0.453 e. The molecule has 0 aliphatic heterocycles. The predicted molar refractivity (Wildman–Crippen MR) is 77.7 cm³/mol. The molecule has 2 aromatic rings. The van der Waals surface area contributed by atoms with Crippen LogP contribution in [0, 0.1) is 6.92 Å². The maximum atomic E-state index is 11.4. The van der Waals surface area contributed by atoms with Gasteiger partial charge in [0.25, 0.3) is 0 Å². The Morgan fingerprint density at radius 2 is 2.20 bits per heavy atom. The number of hydrogen-bond donors (Lipinski definition) is 2. The molecule has 2 rings (SSSR count). The molecule has 0 aliphatic rings. The summed E-state index contributed by atoms with van der Waals surface area (Å²) in [6.07, 6.45) is 0. The second-order valence-electron chi connectivity index (χ2n) is 4.32. The van der Waals surface area contributed by atoms with Crippen LogP contribution in [0.3, 0.4) is 0 Å². The summed E-state index contributed by atoms with van der Waals surface area (Å²) in [5.41, 5.74) is 3.83. The van der Waals surface area contributed by atoms with E-state index in [1.165, 1.54) is 0 Å². The van der Waals surface area contributed by atoms with Gasteiger partial charge < -0.3 is 9.15 Å². The minimum absolute atomic E-state index is 0.216. The van der Waals surface area contributed by atoms with Gasteiger partial charge in [-0.3, -0.25) is 10.2 Å². The molecule has 1 aromatic heterocycles. The standard InChI is InChI=1S/C14H15BrN2O3/c1-9-5-12(20-13(9)14(18)17-16)8-19-7-10-3-2-4-11(15)6-10/h2-6H,7-8,16H2,1H3,(H,17,18). The summed E-state index contributed by atoms with van der Waals surface area (Å²) in [7, 11) is 0. The van der Waals surface area contributed by atoms with Crippen LogP contribution in [0.25, 0.3) is 0 Å². The summed E-state index contributed by atoms with van der Waals surface area (Å²) >= 11 is 3.41. The number of benzene rings is 1. The van der Waals surface area contributed by atoms with Gasteiger partial charge in [0.05, 0.1) is 6.61 Å². The number of nitrogen functional groups attached to an aromatic ring is 1. The predicted octanol–water partition coefficient (Wildman–Crippen LogP) is 2.67. The molecule has 20 heavy (non-hydrogen) atoms. The largest absolute Gasteiger partial charge is 0.453 e. The van der Waals surface area contributed by atoms with Gasteiger partial charge in [-0.25, -0.2) is 5.84 Å². The highest BCUT2D eigenvalue weighted by molar-refractivity contribution is 9.10. The molecule has 0 fully saturated rings. The van der Waals surface area contributed by atoms with E-state index in [0.29, 0.717) is 19.0 Å². The number of aryl methyl sites for hydroxylation is 1. The van der Waals surface area contributed by atoms with Crippen LogP contribution in [-0.4, -0.2) is 5.91 Å². The van der Waals surface area contributed by atoms with Crippen molar-refractivity contribution < 1.29 is 13.9 Å². The first kappa shape index (κ1) is 14.8. The highest BCUT2D eigenvalue weighted by Crippen LogP contribution is 2.17. The van der Waals surface area contributed by atoms with Gasteiger partial charge in [-0.1, -0.05) is 28.1 Å². The number of hydrazine groups is 1. The smallest absolute Gasteiger partial charge is 0.301 e. The normalized spacial score (nSPS) is 10.6. The van der Waals surface area contributed by atoms with E-state index in [1.807, 2.05) is 29.7 Å². The third-order valence-electron chi connectivity index (χ3n) is 2.71. The zero-order valence-electron chi connectivity index (χ0n) is 11.0. The lowest BCUT2D eigenvalue weighted by Gasteiger charge is -2.03. The quantitative estimate of drug-likeness (QED) is 0.499. The average Bonchev–Trinajstić information content (AvgIpc) is 2.79. The van der Waals surface area contributed by atoms with Crippen LogP contribution in [-0.2, 0) is 18.0 Å². The first-order chi connectivity index (χ1) is 9.60. The molecule has 0 unspecified atom stereocenters. The molecular weight excluding hydrogens is 324 g/mol. The molecule has 3 N–H and O–H groups in total. The number of halogens is 1. The van der Waals surface area contributed by atoms with E-state index < -0.39 is 5.91 Å². The Bertz CT molecular complexity index is 610. The van der Waals surface area contributed by atoms with Crippen LogP contribution in [0.15, 0.2) is 39.2 Å². The number of hydrogen-bond acceptors (Lipinski definition) is 4. The molecule has 0 saturated carbocycles. The average molecular weight is 339 g/mol. The molecule has 0 radical (unpaired) electrons. The van der Waals surface area contributed by atoms with Gasteiger partial charge >= 0.3 is 5.91 Å². The fourth-order valence-electron chi connectivity index (χ4n) is 1.81. The van der Waals surface area contributed by atoms with Crippen LogP contribution in [0.2, 0.25) is 0 Å². The van der Waals surface area contributed by atoms with Crippen molar-refractivity contribution in [1.29, 1.82) is 0 Å². The summed E-state index contributed by atoms with van der Waals surface area (Å²) in [5.74, 6) is 5.44. The number of carbonyl (C=O) groups is 1. The molecule has 0 aliphatic carbocycles. The van der Waals surface area contributed by atoms with Gasteiger partial charge in [0.2, 0.25) is 0 Å². The van der Waals surface area contributed by atoms with Crippen LogP contribution < -0.4 is 11.3 Å². The van der Waals surface area contributed by atoms with Gasteiger partial charge in [0.1, 0.15) is 12.4 Å². The van der Waals surface area contributed by atoms with E-state index in [4.69, 9.17) is 15.0 Å². The fraction of sp³-hybridized carbons (Fsp3) is 0.214. The number of ether oxygens (including phenoxy) is 1. The molecule has 0 bridgehead atoms. The molecule has 6 heteroatoms. The van der Waals surface area contributed by atoms with Crippen molar-refractivity contribution in [2.24, 2.45) is 5.84 Å². The van der Waals surface area contributed by atoms with Crippen molar-refractivity contribution >= 4 is 21.8 Å². The highest BCUT2D eigenvalue weighted by Gasteiger charge is 2.14. The van der Waals surface area contributed by atoms with E-state index in [2.05, 4.69) is 15.9 Å². The van der Waals surface area contributed by atoms with Gasteiger partial charge in [0.15, 0.2) is 5.76 Å². The maximum Gasteiger partial charge on any atom is 0.301 e. The van der Waals surface area contributed by atoms with Gasteiger partial charge in [-0.15, -0.1) is 0 Å². The fourth-order valence-corrected chi connectivity index (χ4v) is 2.25. The summed E-state index contributed by atoms with van der Waals surface area (Å²) in [6.45, 7) is 2.55. The van der Waals surface area contributed by atoms with Gasteiger partial charge in [-0.2, -0.15) is 0 Å². The number of furan rings is 1. The summed E-state index contributed by atoms with van der Waals surface area (Å²) < 4.78 is 12.0. The Morgan fingerprint density at radius 1 is 1.40 bits per heavy atom. The monoisotopic (exact) mass is 338 g/mol. The minimum atomic E-state index is -0.444. The molecule has 0 atom stereocenters. The van der Waals surface area contributed by atoms with Crippen molar-refractivity contribution in [2.45, 2.75) is 20.1 Å². The van der Waals surface area contributed by atoms with Crippen LogP contribution in [0.5, 0.6) is 0 Å². The third-order valence-corrected chi connectivity index (χ3v) is 3.20. The highest BCUT2D eigenvalue weighted by atomic mass is 79.9. The van der Waals surface area contributed by atoms with E-state index >= 15 is 0 Å². The first-order valence-corrected chi connectivity index (χ1v) is 6.82. The van der Waals surface area contributed by atoms with Gasteiger partial charge in [0, 0.05) is 10.0 Å². The number of nitrogens with one attached hydrogen (secondary N) is 1. The molecule has 0 saturated heterocycles. The molecule has 0 spiro atoms. The van der Waals surface area contributed by atoms with Crippen molar-refractivity contribution in [1.82, 2.24) is 5.43 Å². The second kappa shape index (κ2) is 6.69. The molecule has 106 valence electrons. The topological polar surface area (TPSA) is 77.5 Å². The molecule has 1 amide bonds. The van der Waals surface area contributed by atoms with E-state index in [0.717, 1.165) is 15.6 Å². The van der Waals surface area contributed by atoms with Crippen molar-refractivity contribution in [2.75, 3.05) is 0 Å². The second-order valence-corrected chi connectivity index (χ2v) is 5.24. The van der Waals surface area contributed by atoms with Crippen LogP contribution in [0.1, 0.15) is 27.4 Å². The van der Waals surface area contributed by atoms with Crippen LogP contribution in [0.4, 0.5) is 0 Å². The van der Waals surface area contributed by atoms with E-state index in [-0.39, 0.29) is 5.76 Å². The third kappa shape index (κ3) is 3.69. The maximum absolute atomic E-state index is 11.4. The Balaban J connectivity index is 1.93. The van der Waals surface area contributed by atoms with E-state index in [9.17, 15) is 4.79 Å². The van der Waals surface area contributed by atoms with E-state index in [1.54, 1.807) is 13.0 Å². The lowest BCUT2D eigenvalue weighted by atomic mass is 10.2. The Morgan fingerprint density at radius 3 is 2.90 bits per heavy atom. The zero-order chi connectivity index (χ0) is 14.5. The number of amides is 1. The Kier molecular flexibility index (Phi) is 4.94. The van der Waals surface area contributed by atoms with Crippen molar-refractivity contribution in [3.8, 4) is 0 Å². The van der Waals surface area contributed by atoms with Crippen molar-refractivity contribution in [3.63, 3.8) is 0 Å². The molecule has 1 aromatic carbocycles. The summed E-state index contributed by atoms with van der Waals surface area (Å²) in [5, 5.41) is 0. The first-order valence-electron chi connectivity index (χ1n) is 6.02. The molecular formula is C14H15BrN2O3. The number of nitrogens with two attached hydrogens (primary N) is 1. The zero-order valence-corrected chi connectivity index (χ0v) is 12.6. The Hall–Kier alpha value is -1.63. The summed E-state index contributed by atoms with van der Waals surface area (Å²) in [4.78, 5) is 11.4. The van der Waals surface area contributed by atoms with Crippen LogP contribution >= 0.6 is 15.9 Å². The van der Waals surface area contributed by atoms with Gasteiger partial charge in [-0.05, 0) is 30.7 Å². The Labute approximate surface area is 125 Å². The lowest BCUT2D eigenvalue weighted by Crippen LogP contribution is -2.30. The van der Waals surface area contributed by atoms with Crippen molar-refractivity contribution in [3.05, 3.63) is 57.5 Å². The lowest BCUT2D eigenvalue weighted by molar-refractivity contribution is 0.0855. The molecule has 5 nitrogen and oxygen atoms in total.